The van der Waals surface area contributed by atoms with E-state index in [1.807, 2.05) is 4.90 Å². The Bertz CT molecular complexity index is 892. The van der Waals surface area contributed by atoms with Crippen molar-refractivity contribution in [3.8, 4) is 0 Å². The number of carbonyl (C=O) groups excluding carboxylic acids is 2. The molecule has 3 N–H and O–H groups in total. The highest BCUT2D eigenvalue weighted by molar-refractivity contribution is 5.96. The predicted octanol–water partition coefficient (Wildman–Crippen LogP) is 1.46. The van der Waals surface area contributed by atoms with Gasteiger partial charge in [0.05, 0.1) is 18.1 Å². The summed E-state index contributed by atoms with van der Waals surface area (Å²) in [6, 6.07) is 11.0. The smallest absolute Gasteiger partial charge is 0.293 e. The van der Waals surface area contributed by atoms with E-state index in [0.717, 1.165) is 5.56 Å². The average molecular weight is 384 g/mol. The number of rotatable bonds is 6. The quantitative estimate of drug-likeness (QED) is 0.573. The minimum absolute atomic E-state index is 0.111. The first-order valence-electron chi connectivity index (χ1n) is 8.74. The summed E-state index contributed by atoms with van der Waals surface area (Å²) in [5, 5.41) is 14.2. The molecule has 0 unspecified atom stereocenters. The Kier molecular flexibility index (Phi) is 5.85. The third kappa shape index (κ3) is 4.44. The SMILES string of the molecule is NC(=O)c1ccc(CNC(=O)c2ccc(N3CCOCC3)c([N+](=O)[O-])c2)cc1. The fourth-order valence-electron chi connectivity index (χ4n) is 2.95. The lowest BCUT2D eigenvalue weighted by molar-refractivity contribution is -0.384. The lowest BCUT2D eigenvalue weighted by Crippen LogP contribution is -2.36. The van der Waals surface area contributed by atoms with E-state index in [4.69, 9.17) is 10.5 Å². The van der Waals surface area contributed by atoms with Gasteiger partial charge in [0.15, 0.2) is 0 Å². The number of nitrogens with zero attached hydrogens (tertiary/aromatic N) is 2. The zero-order valence-electron chi connectivity index (χ0n) is 15.1. The molecular weight excluding hydrogens is 364 g/mol. The molecule has 0 aromatic heterocycles. The number of hydrogen-bond donors (Lipinski definition) is 2. The highest BCUT2D eigenvalue weighted by Gasteiger charge is 2.23. The number of primary amides is 1. The molecule has 1 heterocycles. The van der Waals surface area contributed by atoms with E-state index >= 15 is 0 Å². The summed E-state index contributed by atoms with van der Waals surface area (Å²) in [7, 11) is 0. The second-order valence-corrected chi connectivity index (χ2v) is 6.30. The van der Waals surface area contributed by atoms with E-state index in [2.05, 4.69) is 5.32 Å². The summed E-state index contributed by atoms with van der Waals surface area (Å²) < 4.78 is 5.28. The van der Waals surface area contributed by atoms with Crippen molar-refractivity contribution in [3.63, 3.8) is 0 Å². The summed E-state index contributed by atoms with van der Waals surface area (Å²) in [5.74, 6) is -0.946. The highest BCUT2D eigenvalue weighted by Crippen LogP contribution is 2.29. The first-order chi connectivity index (χ1) is 13.5. The largest absolute Gasteiger partial charge is 0.378 e. The number of benzene rings is 2. The molecule has 2 aromatic carbocycles. The van der Waals surface area contributed by atoms with Gasteiger partial charge in [-0.1, -0.05) is 12.1 Å². The van der Waals surface area contributed by atoms with Gasteiger partial charge < -0.3 is 20.7 Å². The number of nitro groups is 1. The zero-order chi connectivity index (χ0) is 20.1. The Morgan fingerprint density at radius 2 is 1.75 bits per heavy atom. The van der Waals surface area contributed by atoms with Crippen LogP contribution in [0.5, 0.6) is 0 Å². The van der Waals surface area contributed by atoms with Crippen molar-refractivity contribution in [1.29, 1.82) is 0 Å². The molecule has 1 aliphatic rings. The summed E-state index contributed by atoms with van der Waals surface area (Å²) in [4.78, 5) is 36.4. The van der Waals surface area contributed by atoms with Gasteiger partial charge in [-0.25, -0.2) is 0 Å². The van der Waals surface area contributed by atoms with Gasteiger partial charge in [0.25, 0.3) is 11.6 Å². The number of nitrogens with two attached hydrogens (primary N) is 1. The summed E-state index contributed by atoms with van der Waals surface area (Å²) in [5.41, 5.74) is 6.92. The number of hydrogen-bond acceptors (Lipinski definition) is 6. The highest BCUT2D eigenvalue weighted by atomic mass is 16.6. The van der Waals surface area contributed by atoms with E-state index in [9.17, 15) is 19.7 Å². The van der Waals surface area contributed by atoms with Crippen LogP contribution in [0.3, 0.4) is 0 Å². The molecule has 0 radical (unpaired) electrons. The number of morpholine rings is 1. The van der Waals surface area contributed by atoms with Crippen LogP contribution in [0.15, 0.2) is 42.5 Å². The van der Waals surface area contributed by atoms with E-state index in [-0.39, 0.29) is 17.8 Å². The molecule has 0 bridgehead atoms. The molecule has 0 spiro atoms. The minimum Gasteiger partial charge on any atom is -0.378 e. The first-order valence-corrected chi connectivity index (χ1v) is 8.74. The first kappa shape index (κ1) is 19.3. The van der Waals surface area contributed by atoms with Crippen molar-refractivity contribution in [2.75, 3.05) is 31.2 Å². The van der Waals surface area contributed by atoms with Gasteiger partial charge in [-0.2, -0.15) is 0 Å². The lowest BCUT2D eigenvalue weighted by Gasteiger charge is -2.28. The van der Waals surface area contributed by atoms with E-state index in [0.29, 0.717) is 37.6 Å². The van der Waals surface area contributed by atoms with Crippen molar-refractivity contribution >= 4 is 23.2 Å². The minimum atomic E-state index is -0.525. The van der Waals surface area contributed by atoms with Crippen LogP contribution in [0.2, 0.25) is 0 Å². The van der Waals surface area contributed by atoms with Crippen molar-refractivity contribution in [2.45, 2.75) is 6.54 Å². The Morgan fingerprint density at radius 3 is 2.36 bits per heavy atom. The van der Waals surface area contributed by atoms with E-state index < -0.39 is 16.7 Å². The van der Waals surface area contributed by atoms with Crippen molar-refractivity contribution in [1.82, 2.24) is 5.32 Å². The fourth-order valence-corrected chi connectivity index (χ4v) is 2.95. The predicted molar refractivity (Wildman–Crippen MR) is 102 cm³/mol. The van der Waals surface area contributed by atoms with E-state index in [1.165, 1.54) is 6.07 Å². The van der Waals surface area contributed by atoms with Crippen molar-refractivity contribution in [3.05, 3.63) is 69.3 Å². The van der Waals surface area contributed by atoms with Crippen LogP contribution in [-0.4, -0.2) is 43.0 Å². The number of amides is 2. The molecule has 1 aliphatic heterocycles. The number of nitrogens with one attached hydrogen (secondary N) is 1. The normalized spacial score (nSPS) is 13.8. The second kappa shape index (κ2) is 8.49. The average Bonchev–Trinajstić information content (AvgIpc) is 2.72. The van der Waals surface area contributed by atoms with Crippen LogP contribution in [0.4, 0.5) is 11.4 Å². The molecule has 2 amide bonds. The van der Waals surface area contributed by atoms with Gasteiger partial charge in [-0.05, 0) is 29.8 Å². The molecular formula is C19H20N4O5. The monoisotopic (exact) mass is 384 g/mol. The van der Waals surface area contributed by atoms with Crippen LogP contribution >= 0.6 is 0 Å². The van der Waals surface area contributed by atoms with Crippen LogP contribution in [0.25, 0.3) is 0 Å². The number of carbonyl (C=O) groups is 2. The molecule has 146 valence electrons. The van der Waals surface area contributed by atoms with Gasteiger partial charge >= 0.3 is 0 Å². The molecule has 3 rings (SSSR count). The Morgan fingerprint density at radius 1 is 1.11 bits per heavy atom. The number of anilines is 1. The Hall–Kier alpha value is -3.46. The Labute approximate surface area is 161 Å². The molecule has 28 heavy (non-hydrogen) atoms. The third-order valence-corrected chi connectivity index (χ3v) is 4.48. The Balaban J connectivity index is 1.71. The maximum absolute atomic E-state index is 12.4. The maximum atomic E-state index is 12.4. The summed E-state index contributed by atoms with van der Waals surface area (Å²) >= 11 is 0. The summed E-state index contributed by atoms with van der Waals surface area (Å²) in [6.07, 6.45) is 0. The number of ether oxygens (including phenoxy) is 1. The van der Waals surface area contributed by atoms with Crippen LogP contribution in [0, 0.1) is 10.1 Å². The fraction of sp³-hybridized carbons (Fsp3) is 0.263. The lowest BCUT2D eigenvalue weighted by atomic mass is 10.1. The standard InChI is InChI=1S/C19H20N4O5/c20-18(24)14-3-1-13(2-4-14)12-21-19(25)15-5-6-16(17(11-15)23(26)27)22-7-9-28-10-8-22/h1-6,11H,7-10,12H2,(H2,20,24)(H,21,25). The van der Waals surface area contributed by atoms with Crippen LogP contribution in [-0.2, 0) is 11.3 Å². The molecule has 2 aromatic rings. The topological polar surface area (TPSA) is 128 Å². The molecule has 0 aliphatic carbocycles. The second-order valence-electron chi connectivity index (χ2n) is 6.30. The molecule has 1 fully saturated rings. The molecule has 9 nitrogen and oxygen atoms in total. The van der Waals surface area contributed by atoms with Gasteiger partial charge in [-0.3, -0.25) is 19.7 Å². The molecule has 9 heteroatoms. The number of nitro benzene ring substituents is 1. The zero-order valence-corrected chi connectivity index (χ0v) is 15.1. The van der Waals surface area contributed by atoms with Gasteiger partial charge in [-0.15, -0.1) is 0 Å². The summed E-state index contributed by atoms with van der Waals surface area (Å²) in [6.45, 7) is 2.36. The third-order valence-electron chi connectivity index (χ3n) is 4.48. The van der Waals surface area contributed by atoms with Gasteiger partial charge in [0.2, 0.25) is 5.91 Å². The van der Waals surface area contributed by atoms with Crippen LogP contribution in [0.1, 0.15) is 26.3 Å². The van der Waals surface area contributed by atoms with Crippen molar-refractivity contribution < 1.29 is 19.2 Å². The van der Waals surface area contributed by atoms with Crippen molar-refractivity contribution in [2.24, 2.45) is 5.73 Å². The molecule has 0 atom stereocenters. The maximum Gasteiger partial charge on any atom is 0.293 e. The van der Waals surface area contributed by atoms with E-state index in [1.54, 1.807) is 36.4 Å². The van der Waals surface area contributed by atoms with Gasteiger partial charge in [0.1, 0.15) is 5.69 Å². The van der Waals surface area contributed by atoms with Gasteiger partial charge in [0, 0.05) is 36.8 Å². The molecule has 0 saturated carbocycles. The van der Waals surface area contributed by atoms with Crippen LogP contribution < -0.4 is 16.0 Å². The molecule has 1 saturated heterocycles.